The third-order valence-corrected chi connectivity index (χ3v) is 4.85. The van der Waals surface area contributed by atoms with Crippen LogP contribution in [0.2, 0.25) is 0 Å². The molecule has 1 aliphatic heterocycles. The molecule has 1 saturated heterocycles. The Morgan fingerprint density at radius 1 is 1.27 bits per heavy atom. The van der Waals surface area contributed by atoms with Crippen molar-refractivity contribution < 1.29 is 4.74 Å². The molecular formula is C12H22BrNO. The van der Waals surface area contributed by atoms with E-state index in [9.17, 15) is 0 Å². The molecule has 88 valence electrons. The van der Waals surface area contributed by atoms with Crippen LogP contribution in [-0.4, -0.2) is 42.6 Å². The van der Waals surface area contributed by atoms with E-state index in [4.69, 9.17) is 4.74 Å². The Balaban J connectivity index is 1.80. The maximum atomic E-state index is 5.43. The summed E-state index contributed by atoms with van der Waals surface area (Å²) in [6.45, 7) is 3.16. The lowest BCUT2D eigenvalue weighted by Gasteiger charge is -2.36. The zero-order chi connectivity index (χ0) is 10.7. The molecule has 1 aliphatic carbocycles. The lowest BCUT2D eigenvalue weighted by molar-refractivity contribution is 0.148. The van der Waals surface area contributed by atoms with Gasteiger partial charge in [0.1, 0.15) is 0 Å². The van der Waals surface area contributed by atoms with Crippen molar-refractivity contribution in [3.8, 4) is 0 Å². The molecule has 2 fully saturated rings. The van der Waals surface area contributed by atoms with Gasteiger partial charge in [0.05, 0.1) is 6.61 Å². The minimum absolute atomic E-state index is 0.707. The highest BCUT2D eigenvalue weighted by Crippen LogP contribution is 2.28. The molecule has 15 heavy (non-hydrogen) atoms. The van der Waals surface area contributed by atoms with Gasteiger partial charge in [-0.1, -0.05) is 28.8 Å². The lowest BCUT2D eigenvalue weighted by atomic mass is 9.93. The van der Waals surface area contributed by atoms with Crippen molar-refractivity contribution in [1.29, 1.82) is 0 Å². The lowest BCUT2D eigenvalue weighted by Crippen LogP contribution is -2.42. The second-order valence-corrected chi connectivity index (χ2v) is 6.21. The molecule has 0 aromatic carbocycles. The Hall–Kier alpha value is 0.400. The molecule has 3 heteroatoms. The molecule has 3 atom stereocenters. The van der Waals surface area contributed by atoms with Gasteiger partial charge in [-0.3, -0.25) is 0 Å². The molecule has 0 bridgehead atoms. The molecule has 0 aromatic rings. The van der Waals surface area contributed by atoms with E-state index >= 15 is 0 Å². The van der Waals surface area contributed by atoms with Crippen molar-refractivity contribution in [2.24, 2.45) is 5.92 Å². The fourth-order valence-electron chi connectivity index (χ4n) is 2.83. The zero-order valence-electron chi connectivity index (χ0n) is 9.62. The molecule has 1 saturated carbocycles. The standard InChI is InChI=1S/C12H22BrNO/c1-14(8-10-6-7-15-9-10)12-5-3-2-4-11(12)13/h10-12H,2-9H2,1H3. The summed E-state index contributed by atoms with van der Waals surface area (Å²) in [6, 6.07) is 0.749. The normalized spacial score (nSPS) is 37.4. The molecule has 2 nitrogen and oxygen atoms in total. The molecule has 3 unspecified atom stereocenters. The number of rotatable bonds is 3. The molecule has 1 heterocycles. The van der Waals surface area contributed by atoms with Crippen LogP contribution in [0.4, 0.5) is 0 Å². The summed E-state index contributed by atoms with van der Waals surface area (Å²) in [4.78, 5) is 3.26. The van der Waals surface area contributed by atoms with E-state index in [1.54, 1.807) is 0 Å². The van der Waals surface area contributed by atoms with Crippen molar-refractivity contribution in [1.82, 2.24) is 4.90 Å². The number of hydrogen-bond donors (Lipinski definition) is 0. The van der Waals surface area contributed by atoms with Gasteiger partial charge in [-0.05, 0) is 32.2 Å². The minimum Gasteiger partial charge on any atom is -0.381 e. The second-order valence-electron chi connectivity index (χ2n) is 5.04. The van der Waals surface area contributed by atoms with Crippen LogP contribution >= 0.6 is 15.9 Å². The van der Waals surface area contributed by atoms with E-state index in [2.05, 4.69) is 27.9 Å². The van der Waals surface area contributed by atoms with Crippen LogP contribution < -0.4 is 0 Å². The molecular weight excluding hydrogens is 254 g/mol. The van der Waals surface area contributed by atoms with Crippen molar-refractivity contribution in [2.75, 3.05) is 26.8 Å². The summed E-state index contributed by atoms with van der Waals surface area (Å²) < 4.78 is 5.43. The van der Waals surface area contributed by atoms with Crippen molar-refractivity contribution in [3.63, 3.8) is 0 Å². The first-order chi connectivity index (χ1) is 7.27. The average molecular weight is 276 g/mol. The third-order valence-electron chi connectivity index (χ3n) is 3.78. The number of alkyl halides is 1. The van der Waals surface area contributed by atoms with Gasteiger partial charge in [-0.25, -0.2) is 0 Å². The van der Waals surface area contributed by atoms with Gasteiger partial charge in [0.2, 0.25) is 0 Å². The molecule has 0 aromatic heterocycles. The van der Waals surface area contributed by atoms with Crippen LogP contribution in [0, 0.1) is 5.92 Å². The van der Waals surface area contributed by atoms with E-state index < -0.39 is 0 Å². The summed E-state index contributed by atoms with van der Waals surface area (Å²) in [5.41, 5.74) is 0. The monoisotopic (exact) mass is 275 g/mol. The Bertz CT molecular complexity index is 194. The van der Waals surface area contributed by atoms with Crippen LogP contribution in [0.15, 0.2) is 0 Å². The SMILES string of the molecule is CN(CC1CCOC1)C1CCCCC1Br. The summed E-state index contributed by atoms with van der Waals surface area (Å²) in [7, 11) is 2.28. The summed E-state index contributed by atoms with van der Waals surface area (Å²) >= 11 is 3.83. The number of nitrogens with zero attached hydrogens (tertiary/aromatic N) is 1. The van der Waals surface area contributed by atoms with E-state index in [0.29, 0.717) is 4.83 Å². The largest absolute Gasteiger partial charge is 0.381 e. The van der Waals surface area contributed by atoms with Gasteiger partial charge in [0, 0.05) is 24.0 Å². The summed E-state index contributed by atoms with van der Waals surface area (Å²) in [6.07, 6.45) is 6.76. The summed E-state index contributed by atoms with van der Waals surface area (Å²) in [5.74, 6) is 0.775. The van der Waals surface area contributed by atoms with E-state index in [-0.39, 0.29) is 0 Å². The Labute approximate surface area is 101 Å². The first kappa shape index (κ1) is 11.9. The smallest absolute Gasteiger partial charge is 0.0507 e. The number of hydrogen-bond acceptors (Lipinski definition) is 2. The number of halogens is 1. The molecule has 0 spiro atoms. The van der Waals surface area contributed by atoms with Crippen molar-refractivity contribution in [3.05, 3.63) is 0 Å². The summed E-state index contributed by atoms with van der Waals surface area (Å²) in [5, 5.41) is 0. The van der Waals surface area contributed by atoms with Crippen LogP contribution in [-0.2, 0) is 4.74 Å². The first-order valence-corrected chi connectivity index (χ1v) is 7.11. The fourth-order valence-corrected chi connectivity index (χ4v) is 3.82. The van der Waals surface area contributed by atoms with Crippen LogP contribution in [0.3, 0.4) is 0 Å². The Kier molecular flexibility index (Phi) is 4.47. The Morgan fingerprint density at radius 3 is 2.73 bits per heavy atom. The predicted octanol–water partition coefficient (Wildman–Crippen LogP) is 2.66. The second kappa shape index (κ2) is 5.65. The number of ether oxygens (including phenoxy) is 1. The quantitative estimate of drug-likeness (QED) is 0.735. The highest BCUT2D eigenvalue weighted by molar-refractivity contribution is 9.09. The highest BCUT2D eigenvalue weighted by Gasteiger charge is 2.28. The van der Waals surface area contributed by atoms with E-state index in [0.717, 1.165) is 25.2 Å². The van der Waals surface area contributed by atoms with E-state index in [1.807, 2.05) is 0 Å². The van der Waals surface area contributed by atoms with Crippen molar-refractivity contribution in [2.45, 2.75) is 43.0 Å². The fraction of sp³-hybridized carbons (Fsp3) is 1.00. The molecule has 0 amide bonds. The van der Waals surface area contributed by atoms with Gasteiger partial charge < -0.3 is 9.64 Å². The van der Waals surface area contributed by atoms with Crippen molar-refractivity contribution >= 4 is 15.9 Å². The molecule has 0 N–H and O–H groups in total. The van der Waals surface area contributed by atoms with Gasteiger partial charge >= 0.3 is 0 Å². The van der Waals surface area contributed by atoms with Gasteiger partial charge in [0.25, 0.3) is 0 Å². The minimum atomic E-state index is 0.707. The van der Waals surface area contributed by atoms with Gasteiger partial charge in [-0.2, -0.15) is 0 Å². The highest BCUT2D eigenvalue weighted by atomic mass is 79.9. The molecule has 2 rings (SSSR count). The topological polar surface area (TPSA) is 12.5 Å². The van der Waals surface area contributed by atoms with Gasteiger partial charge in [0.15, 0.2) is 0 Å². The van der Waals surface area contributed by atoms with Crippen LogP contribution in [0.5, 0.6) is 0 Å². The average Bonchev–Trinajstić information content (AvgIpc) is 2.71. The maximum Gasteiger partial charge on any atom is 0.0507 e. The van der Waals surface area contributed by atoms with Crippen LogP contribution in [0.25, 0.3) is 0 Å². The van der Waals surface area contributed by atoms with E-state index in [1.165, 1.54) is 38.6 Å². The first-order valence-electron chi connectivity index (χ1n) is 6.19. The maximum absolute atomic E-state index is 5.43. The Morgan fingerprint density at radius 2 is 2.07 bits per heavy atom. The molecule has 0 radical (unpaired) electrons. The van der Waals surface area contributed by atoms with Crippen LogP contribution in [0.1, 0.15) is 32.1 Å². The van der Waals surface area contributed by atoms with Gasteiger partial charge in [-0.15, -0.1) is 0 Å². The zero-order valence-corrected chi connectivity index (χ0v) is 11.2. The third kappa shape index (κ3) is 3.18. The predicted molar refractivity (Wildman–Crippen MR) is 66.5 cm³/mol. The molecule has 2 aliphatic rings.